The molecule has 0 saturated carbocycles. The van der Waals surface area contributed by atoms with Crippen molar-refractivity contribution in [3.05, 3.63) is 32.2 Å². The Bertz CT molecular complexity index is 487. The summed E-state index contributed by atoms with van der Waals surface area (Å²) in [6.45, 7) is 2.08. The molecular weight excluding hydrogens is 307 g/mol. The van der Waals surface area contributed by atoms with Crippen LogP contribution in [0.15, 0.2) is 17.5 Å². The van der Waals surface area contributed by atoms with Gasteiger partial charge in [-0.2, -0.15) is 0 Å². The van der Waals surface area contributed by atoms with E-state index in [2.05, 4.69) is 47.0 Å². The normalized spacial score (nSPS) is 10.7. The van der Waals surface area contributed by atoms with Gasteiger partial charge < -0.3 is 0 Å². The predicted octanol–water partition coefficient (Wildman–Crippen LogP) is 3.88. The fourth-order valence-corrected chi connectivity index (χ4v) is 3.58. The molecule has 0 aliphatic carbocycles. The zero-order chi connectivity index (χ0) is 10.1. The first-order valence-electron chi connectivity index (χ1n) is 4.41. The zero-order valence-corrected chi connectivity index (χ0v) is 10.7. The topological polar surface area (TPSA) is 17.1 Å². The Morgan fingerprint density at radius 2 is 2.29 bits per heavy atom. The summed E-state index contributed by atoms with van der Waals surface area (Å²) in [6, 6.07) is 4.16. The van der Waals surface area contributed by atoms with Crippen molar-refractivity contribution in [2.75, 3.05) is 0 Å². The average molecular weight is 316 g/mol. The molecule has 2 aromatic rings. The van der Waals surface area contributed by atoms with Gasteiger partial charge >= 0.3 is 0 Å². The lowest BCUT2D eigenvalue weighted by Crippen LogP contribution is -1.91. The predicted molar refractivity (Wildman–Crippen MR) is 69.3 cm³/mol. The van der Waals surface area contributed by atoms with Crippen LogP contribution >= 0.6 is 33.9 Å². The number of aryl methyl sites for hydroxylation is 1. The van der Waals surface area contributed by atoms with E-state index in [0.717, 1.165) is 29.2 Å². The monoisotopic (exact) mass is 316 g/mol. The molecule has 0 amide bonds. The van der Waals surface area contributed by atoms with Crippen LogP contribution in [0.1, 0.15) is 22.8 Å². The molecule has 0 spiro atoms. The van der Waals surface area contributed by atoms with Gasteiger partial charge in [-0.3, -0.25) is 4.79 Å². The number of fused-ring (bicyclic) bond motifs is 1. The fraction of sp³-hybridized carbons (Fsp3) is 0.182. The van der Waals surface area contributed by atoms with E-state index in [0.29, 0.717) is 0 Å². The second-order valence-electron chi connectivity index (χ2n) is 3.07. The smallest absolute Gasteiger partial charge is 0.151 e. The number of hydrogen-bond donors (Lipinski definition) is 0. The summed E-state index contributed by atoms with van der Waals surface area (Å²) in [4.78, 5) is 11.1. The van der Waals surface area contributed by atoms with Gasteiger partial charge in [-0.25, -0.2) is 0 Å². The highest BCUT2D eigenvalue weighted by atomic mass is 127. The molecule has 0 atom stereocenters. The SMILES string of the molecule is CCc1ccc2scc(I)c2c1C=O. The van der Waals surface area contributed by atoms with Crippen LogP contribution in [0, 0.1) is 3.57 Å². The highest BCUT2D eigenvalue weighted by Crippen LogP contribution is 2.31. The Morgan fingerprint density at radius 1 is 1.50 bits per heavy atom. The molecular formula is C11H9IOS. The van der Waals surface area contributed by atoms with E-state index >= 15 is 0 Å². The summed E-state index contributed by atoms with van der Waals surface area (Å²) in [5, 5.41) is 3.22. The third-order valence-electron chi connectivity index (χ3n) is 2.32. The maximum atomic E-state index is 11.1. The molecule has 0 N–H and O–H groups in total. The molecule has 72 valence electrons. The van der Waals surface area contributed by atoms with Crippen LogP contribution in [0.3, 0.4) is 0 Å². The van der Waals surface area contributed by atoms with Gasteiger partial charge in [0.05, 0.1) is 0 Å². The molecule has 0 fully saturated rings. The first kappa shape index (κ1) is 10.1. The van der Waals surface area contributed by atoms with Crippen LogP contribution in [0.2, 0.25) is 0 Å². The number of carbonyl (C=O) groups excluding carboxylic acids is 1. The molecule has 14 heavy (non-hydrogen) atoms. The maximum absolute atomic E-state index is 11.1. The van der Waals surface area contributed by atoms with Gasteiger partial charge in [0, 0.05) is 24.6 Å². The molecule has 1 aromatic heterocycles. The Balaban J connectivity index is 2.87. The van der Waals surface area contributed by atoms with Crippen molar-refractivity contribution in [2.45, 2.75) is 13.3 Å². The van der Waals surface area contributed by atoms with Gasteiger partial charge in [-0.1, -0.05) is 13.0 Å². The lowest BCUT2D eigenvalue weighted by Gasteiger charge is -2.03. The summed E-state index contributed by atoms with van der Waals surface area (Å²) < 4.78 is 2.38. The minimum atomic E-state index is 0.871. The molecule has 0 unspecified atom stereocenters. The fourth-order valence-electron chi connectivity index (χ4n) is 1.60. The van der Waals surface area contributed by atoms with E-state index in [9.17, 15) is 4.79 Å². The Hall–Kier alpha value is -0.420. The largest absolute Gasteiger partial charge is 0.298 e. The average Bonchev–Trinajstić information content (AvgIpc) is 2.59. The molecule has 3 heteroatoms. The second kappa shape index (κ2) is 3.98. The minimum absolute atomic E-state index is 0.871. The Morgan fingerprint density at radius 3 is 2.93 bits per heavy atom. The van der Waals surface area contributed by atoms with Crippen LogP contribution in [0.4, 0.5) is 0 Å². The second-order valence-corrected chi connectivity index (χ2v) is 5.14. The molecule has 1 aromatic carbocycles. The number of benzene rings is 1. The summed E-state index contributed by atoms with van der Waals surface area (Å²) in [5.74, 6) is 0. The molecule has 2 rings (SSSR count). The molecule has 0 radical (unpaired) electrons. The highest BCUT2D eigenvalue weighted by molar-refractivity contribution is 14.1. The number of hydrogen-bond acceptors (Lipinski definition) is 2. The first-order valence-corrected chi connectivity index (χ1v) is 6.37. The van der Waals surface area contributed by atoms with Gasteiger partial charge in [0.1, 0.15) is 0 Å². The highest BCUT2D eigenvalue weighted by Gasteiger charge is 2.09. The summed E-state index contributed by atoms with van der Waals surface area (Å²) in [5.41, 5.74) is 2.01. The lowest BCUT2D eigenvalue weighted by atomic mass is 10.0. The molecule has 0 aliphatic rings. The summed E-state index contributed by atoms with van der Waals surface area (Å²) >= 11 is 3.98. The van der Waals surface area contributed by atoms with Crippen LogP contribution < -0.4 is 0 Å². The summed E-state index contributed by atoms with van der Waals surface area (Å²) in [6.07, 6.45) is 1.89. The molecule has 1 heterocycles. The van der Waals surface area contributed by atoms with Crippen molar-refractivity contribution < 1.29 is 4.79 Å². The number of carbonyl (C=O) groups is 1. The van der Waals surface area contributed by atoms with Crippen molar-refractivity contribution in [2.24, 2.45) is 0 Å². The summed E-state index contributed by atoms with van der Waals surface area (Å²) in [7, 11) is 0. The van der Waals surface area contributed by atoms with Crippen molar-refractivity contribution in [1.82, 2.24) is 0 Å². The van der Waals surface area contributed by atoms with Crippen LogP contribution in [-0.2, 0) is 6.42 Å². The Kier molecular flexibility index (Phi) is 2.88. The van der Waals surface area contributed by atoms with Crippen LogP contribution in [0.5, 0.6) is 0 Å². The minimum Gasteiger partial charge on any atom is -0.298 e. The van der Waals surface area contributed by atoms with Crippen molar-refractivity contribution in [3.8, 4) is 0 Å². The van der Waals surface area contributed by atoms with Gasteiger partial charge in [-0.05, 0) is 40.6 Å². The third kappa shape index (κ3) is 1.48. The Labute approximate surface area is 100 Å². The quantitative estimate of drug-likeness (QED) is 0.607. The van der Waals surface area contributed by atoms with Crippen molar-refractivity contribution >= 4 is 50.3 Å². The van der Waals surface area contributed by atoms with Crippen LogP contribution in [-0.4, -0.2) is 6.29 Å². The standard InChI is InChI=1S/C11H9IOS/c1-2-7-3-4-10-11(8(7)5-13)9(12)6-14-10/h3-6H,2H2,1H3. The number of halogens is 1. The van der Waals surface area contributed by atoms with Crippen molar-refractivity contribution in [3.63, 3.8) is 0 Å². The zero-order valence-electron chi connectivity index (χ0n) is 7.71. The number of rotatable bonds is 2. The molecule has 0 aliphatic heterocycles. The molecule has 0 saturated heterocycles. The van der Waals surface area contributed by atoms with Gasteiger partial charge in [0.2, 0.25) is 0 Å². The van der Waals surface area contributed by atoms with E-state index in [1.165, 1.54) is 8.27 Å². The van der Waals surface area contributed by atoms with Gasteiger partial charge in [-0.15, -0.1) is 11.3 Å². The van der Waals surface area contributed by atoms with Crippen LogP contribution in [0.25, 0.3) is 10.1 Å². The van der Waals surface area contributed by atoms with E-state index < -0.39 is 0 Å². The van der Waals surface area contributed by atoms with Gasteiger partial charge in [0.25, 0.3) is 0 Å². The van der Waals surface area contributed by atoms with Gasteiger partial charge in [0.15, 0.2) is 6.29 Å². The number of thiophene rings is 1. The molecule has 1 nitrogen and oxygen atoms in total. The maximum Gasteiger partial charge on any atom is 0.151 e. The van der Waals surface area contributed by atoms with Crippen molar-refractivity contribution in [1.29, 1.82) is 0 Å². The van der Waals surface area contributed by atoms with E-state index in [4.69, 9.17) is 0 Å². The number of aldehydes is 1. The van der Waals surface area contributed by atoms with E-state index in [1.54, 1.807) is 11.3 Å². The van der Waals surface area contributed by atoms with E-state index in [-0.39, 0.29) is 0 Å². The van der Waals surface area contributed by atoms with E-state index in [1.807, 2.05) is 0 Å². The molecule has 0 bridgehead atoms. The lowest BCUT2D eigenvalue weighted by molar-refractivity contribution is 0.112. The first-order chi connectivity index (χ1) is 6.77. The third-order valence-corrected chi connectivity index (χ3v) is 4.55.